The molecule has 1 aliphatic rings. The predicted octanol–water partition coefficient (Wildman–Crippen LogP) is 6.10. The van der Waals surface area contributed by atoms with Gasteiger partial charge in [0.25, 0.3) is 11.7 Å². The maximum Gasteiger partial charge on any atom is 0.295 e. The number of methoxy groups -OCH3 is 2. The molecular weight excluding hydrogens is 478 g/mol. The van der Waals surface area contributed by atoms with Gasteiger partial charge >= 0.3 is 0 Å². The topological polar surface area (TPSA) is 76.1 Å². The Morgan fingerprint density at radius 3 is 2.33 bits per heavy atom. The van der Waals surface area contributed by atoms with Crippen LogP contribution < -0.4 is 9.47 Å². The van der Waals surface area contributed by atoms with Gasteiger partial charge in [0.2, 0.25) is 0 Å². The molecule has 0 aromatic heterocycles. The third-order valence-electron chi connectivity index (χ3n) is 6.42. The van der Waals surface area contributed by atoms with Gasteiger partial charge in [-0.15, -0.1) is 0 Å². The van der Waals surface area contributed by atoms with Crippen LogP contribution in [0.25, 0.3) is 5.76 Å². The first-order valence-electron chi connectivity index (χ1n) is 11.6. The number of hydrogen-bond donors (Lipinski definition) is 1. The summed E-state index contributed by atoms with van der Waals surface area (Å²) < 4.78 is 10.7. The number of carbonyl (C=O) groups excluding carboxylic acids is 2. The number of Topliss-reactive ketones (excluding diaryl/α,β-unsaturated/α-hetero) is 1. The van der Waals surface area contributed by atoms with E-state index in [0.717, 1.165) is 11.1 Å². The monoisotopic (exact) mass is 505 g/mol. The fourth-order valence-corrected chi connectivity index (χ4v) is 4.63. The minimum absolute atomic E-state index is 0.0256. The second-order valence-electron chi connectivity index (χ2n) is 8.91. The molecule has 3 aromatic carbocycles. The molecule has 1 unspecified atom stereocenters. The highest BCUT2D eigenvalue weighted by Crippen LogP contribution is 2.42. The second kappa shape index (κ2) is 10.5. The smallest absolute Gasteiger partial charge is 0.295 e. The van der Waals surface area contributed by atoms with E-state index >= 15 is 0 Å². The Morgan fingerprint density at radius 2 is 1.69 bits per heavy atom. The summed E-state index contributed by atoms with van der Waals surface area (Å²) in [6.07, 6.45) is 0. The summed E-state index contributed by atoms with van der Waals surface area (Å²) in [5.74, 6) is -0.461. The van der Waals surface area contributed by atoms with Gasteiger partial charge in [0, 0.05) is 11.1 Å². The van der Waals surface area contributed by atoms with Gasteiger partial charge in [-0.3, -0.25) is 9.59 Å². The van der Waals surface area contributed by atoms with E-state index in [0.29, 0.717) is 23.0 Å². The SMILES string of the molecule is COc1ccc(Cl)c(/C(O)=C2\C(=O)C(=O)N(Cc3ccccc3OC)C2c2ccc(C(C)C)cc2)c1. The predicted molar refractivity (Wildman–Crippen MR) is 139 cm³/mol. The summed E-state index contributed by atoms with van der Waals surface area (Å²) in [6, 6.07) is 19.0. The molecule has 0 saturated carbocycles. The molecule has 7 heteroatoms. The Morgan fingerprint density at radius 1 is 1.00 bits per heavy atom. The van der Waals surface area contributed by atoms with E-state index < -0.39 is 17.7 Å². The Balaban J connectivity index is 1.90. The van der Waals surface area contributed by atoms with Gasteiger partial charge in [-0.05, 0) is 41.3 Å². The quantitative estimate of drug-likeness (QED) is 0.238. The van der Waals surface area contributed by atoms with Gasteiger partial charge < -0.3 is 19.5 Å². The summed E-state index contributed by atoms with van der Waals surface area (Å²) in [4.78, 5) is 28.2. The van der Waals surface area contributed by atoms with Gasteiger partial charge in [-0.2, -0.15) is 0 Å². The van der Waals surface area contributed by atoms with E-state index in [2.05, 4.69) is 13.8 Å². The fourth-order valence-electron chi connectivity index (χ4n) is 4.43. The van der Waals surface area contributed by atoms with Crippen LogP contribution >= 0.6 is 11.6 Å². The van der Waals surface area contributed by atoms with Crippen LogP contribution in [0, 0.1) is 0 Å². The van der Waals surface area contributed by atoms with Crippen molar-refractivity contribution in [3.8, 4) is 11.5 Å². The average Bonchev–Trinajstić information content (AvgIpc) is 3.14. The number of halogens is 1. The highest BCUT2D eigenvalue weighted by molar-refractivity contribution is 6.47. The number of rotatable bonds is 7. The summed E-state index contributed by atoms with van der Waals surface area (Å²) in [6.45, 7) is 4.30. The Bertz CT molecular complexity index is 1330. The molecule has 3 aromatic rings. The number of nitrogens with zero attached hydrogens (tertiary/aromatic N) is 1. The second-order valence-corrected chi connectivity index (χ2v) is 9.31. The van der Waals surface area contributed by atoms with Crippen LogP contribution in [0.15, 0.2) is 72.3 Å². The van der Waals surface area contributed by atoms with Crippen LogP contribution in [0.4, 0.5) is 0 Å². The maximum absolute atomic E-state index is 13.4. The number of aliphatic hydroxyl groups excluding tert-OH is 1. The number of benzene rings is 3. The van der Waals surface area contributed by atoms with Crippen molar-refractivity contribution in [3.63, 3.8) is 0 Å². The zero-order chi connectivity index (χ0) is 26.0. The van der Waals surface area contributed by atoms with E-state index in [1.165, 1.54) is 12.0 Å². The molecule has 36 heavy (non-hydrogen) atoms. The molecule has 0 radical (unpaired) electrons. The van der Waals surface area contributed by atoms with Crippen molar-refractivity contribution in [2.75, 3.05) is 14.2 Å². The van der Waals surface area contributed by atoms with Crippen molar-refractivity contribution < 1.29 is 24.2 Å². The van der Waals surface area contributed by atoms with Crippen molar-refractivity contribution >= 4 is 29.1 Å². The van der Waals surface area contributed by atoms with Crippen molar-refractivity contribution in [1.82, 2.24) is 4.90 Å². The van der Waals surface area contributed by atoms with Gasteiger partial charge in [-0.1, -0.05) is 67.9 Å². The molecule has 0 spiro atoms. The average molecular weight is 506 g/mol. The molecule has 1 saturated heterocycles. The minimum Gasteiger partial charge on any atom is -0.507 e. The molecule has 186 valence electrons. The number of carbonyl (C=O) groups is 2. The first-order valence-corrected chi connectivity index (χ1v) is 12.0. The van der Waals surface area contributed by atoms with Gasteiger partial charge in [0.05, 0.1) is 37.4 Å². The minimum atomic E-state index is -0.821. The maximum atomic E-state index is 13.4. The van der Waals surface area contributed by atoms with Crippen LogP contribution in [-0.4, -0.2) is 35.9 Å². The third-order valence-corrected chi connectivity index (χ3v) is 6.75. The molecule has 0 aliphatic carbocycles. The molecule has 1 N–H and O–H groups in total. The molecule has 1 atom stereocenters. The Labute approximate surface area is 215 Å². The Hall–Kier alpha value is -3.77. The fraction of sp³-hybridized carbons (Fsp3) is 0.241. The Kier molecular flexibility index (Phi) is 7.36. The van der Waals surface area contributed by atoms with Crippen LogP contribution in [0.5, 0.6) is 11.5 Å². The molecular formula is C29H28ClNO5. The van der Waals surface area contributed by atoms with Crippen LogP contribution in [0.2, 0.25) is 5.02 Å². The third kappa shape index (κ3) is 4.69. The van der Waals surface area contributed by atoms with Crippen LogP contribution in [0.1, 0.15) is 48.1 Å². The van der Waals surface area contributed by atoms with Crippen molar-refractivity contribution in [2.45, 2.75) is 32.4 Å². The van der Waals surface area contributed by atoms with Crippen LogP contribution in [0.3, 0.4) is 0 Å². The lowest BCUT2D eigenvalue weighted by molar-refractivity contribution is -0.140. The van der Waals surface area contributed by atoms with Crippen molar-refractivity contribution in [3.05, 3.63) is 99.6 Å². The lowest BCUT2D eigenvalue weighted by Crippen LogP contribution is -2.29. The highest BCUT2D eigenvalue weighted by atomic mass is 35.5. The number of aliphatic hydroxyl groups is 1. The first-order chi connectivity index (χ1) is 17.3. The van der Waals surface area contributed by atoms with E-state index in [9.17, 15) is 14.7 Å². The molecule has 1 heterocycles. The molecule has 6 nitrogen and oxygen atoms in total. The van der Waals surface area contributed by atoms with Crippen molar-refractivity contribution in [2.24, 2.45) is 0 Å². The first kappa shape index (κ1) is 25.3. The number of likely N-dealkylation sites (tertiary alicyclic amines) is 1. The normalized spacial score (nSPS) is 17.1. The van der Waals surface area contributed by atoms with Gasteiger partial charge in [0.15, 0.2) is 0 Å². The van der Waals surface area contributed by atoms with Crippen molar-refractivity contribution in [1.29, 1.82) is 0 Å². The lowest BCUT2D eigenvalue weighted by atomic mass is 9.93. The number of hydrogen-bond acceptors (Lipinski definition) is 5. The zero-order valence-corrected chi connectivity index (χ0v) is 21.4. The van der Waals surface area contributed by atoms with E-state index in [1.807, 2.05) is 42.5 Å². The number of ketones is 1. The van der Waals surface area contributed by atoms with E-state index in [4.69, 9.17) is 21.1 Å². The van der Waals surface area contributed by atoms with Gasteiger partial charge in [0.1, 0.15) is 17.3 Å². The number of amides is 1. The zero-order valence-electron chi connectivity index (χ0n) is 20.6. The molecule has 1 fully saturated rings. The van der Waals surface area contributed by atoms with E-state index in [1.54, 1.807) is 31.4 Å². The van der Waals surface area contributed by atoms with E-state index in [-0.39, 0.29) is 28.5 Å². The largest absolute Gasteiger partial charge is 0.507 e. The molecule has 1 amide bonds. The summed E-state index contributed by atoms with van der Waals surface area (Å²) in [5.41, 5.74) is 2.76. The highest BCUT2D eigenvalue weighted by Gasteiger charge is 2.46. The molecule has 4 rings (SSSR count). The lowest BCUT2D eigenvalue weighted by Gasteiger charge is -2.26. The molecule has 1 aliphatic heterocycles. The standard InChI is InChI=1S/C29H28ClNO5/c1-17(2)18-9-11-19(12-10-18)26-25(27(32)22-15-21(35-3)13-14-23(22)30)28(33)29(34)31(26)16-20-7-5-6-8-24(20)36-4/h5-15,17,26,32H,16H2,1-4H3/b27-25+. The number of para-hydroxylation sites is 1. The molecule has 0 bridgehead atoms. The number of ether oxygens (including phenoxy) is 2. The van der Waals surface area contributed by atoms with Crippen LogP contribution in [-0.2, 0) is 16.1 Å². The summed E-state index contributed by atoms with van der Waals surface area (Å²) in [7, 11) is 3.05. The summed E-state index contributed by atoms with van der Waals surface area (Å²) >= 11 is 6.39. The van der Waals surface area contributed by atoms with Gasteiger partial charge in [-0.25, -0.2) is 0 Å². The summed E-state index contributed by atoms with van der Waals surface area (Å²) in [5, 5.41) is 11.6.